The van der Waals surface area contributed by atoms with Crippen molar-refractivity contribution in [3.63, 3.8) is 0 Å². The minimum atomic E-state index is -4.09. The summed E-state index contributed by atoms with van der Waals surface area (Å²) in [4.78, 5) is 32.0. The fourth-order valence-corrected chi connectivity index (χ4v) is 3.85. The molecule has 1 amide bonds. The number of rotatable bonds is 8. The van der Waals surface area contributed by atoms with Crippen molar-refractivity contribution in [2.75, 3.05) is 31.8 Å². The van der Waals surface area contributed by atoms with E-state index in [0.717, 1.165) is 48.4 Å². The van der Waals surface area contributed by atoms with Crippen molar-refractivity contribution in [2.24, 2.45) is 0 Å². The Bertz CT molecular complexity index is 1060. The summed E-state index contributed by atoms with van der Waals surface area (Å²) >= 11 is 0. The summed E-state index contributed by atoms with van der Waals surface area (Å²) in [5, 5.41) is 0. The van der Waals surface area contributed by atoms with Crippen LogP contribution in [0.25, 0.3) is 0 Å². The zero-order valence-corrected chi connectivity index (χ0v) is 17.5. The van der Waals surface area contributed by atoms with Gasteiger partial charge in [0.05, 0.1) is 12.0 Å². The van der Waals surface area contributed by atoms with Crippen molar-refractivity contribution in [1.82, 2.24) is 4.89 Å². The summed E-state index contributed by atoms with van der Waals surface area (Å²) in [5.74, 6) is -1.24. The molecule has 0 saturated carbocycles. The van der Waals surface area contributed by atoms with Gasteiger partial charge in [0.1, 0.15) is 11.6 Å². The number of methoxy groups -OCH3 is 1. The van der Waals surface area contributed by atoms with Crippen LogP contribution in [0.15, 0.2) is 47.4 Å². The Labute approximate surface area is 178 Å². The second kappa shape index (κ2) is 9.86. The van der Waals surface area contributed by atoms with Gasteiger partial charge in [0.15, 0.2) is 13.2 Å². The Morgan fingerprint density at radius 1 is 1.13 bits per heavy atom. The first-order chi connectivity index (χ1) is 14.8. The van der Waals surface area contributed by atoms with E-state index in [2.05, 4.69) is 4.84 Å². The van der Waals surface area contributed by atoms with Gasteiger partial charge in [0, 0.05) is 12.2 Å². The van der Waals surface area contributed by atoms with E-state index in [4.69, 9.17) is 9.47 Å². The highest BCUT2D eigenvalue weighted by molar-refractivity contribution is 7.89. The number of carbonyl (C=O) groups is 2. The van der Waals surface area contributed by atoms with Crippen LogP contribution < -0.4 is 14.5 Å². The van der Waals surface area contributed by atoms with Crippen LogP contribution in [0.1, 0.15) is 12.0 Å². The molecule has 1 N–H and O–H groups in total. The number of amides is 1. The van der Waals surface area contributed by atoms with Crippen LogP contribution in [0.3, 0.4) is 0 Å². The largest absolute Gasteiger partial charge is 0.497 e. The van der Waals surface area contributed by atoms with Crippen molar-refractivity contribution in [3.8, 4) is 5.75 Å². The molecule has 0 fully saturated rings. The molecule has 2 aromatic carbocycles. The molecule has 0 aromatic heterocycles. The van der Waals surface area contributed by atoms with Gasteiger partial charge in [-0.3, -0.25) is 9.63 Å². The molecule has 0 radical (unpaired) electrons. The average molecular weight is 452 g/mol. The minimum absolute atomic E-state index is 0.238. The standard InChI is InChI=1S/C20H21FN2O7S/c1-28-16-6-9-18-14(11-16)3-2-10-23(18)19(24)12-29-20(25)13-30-22-31(26,27)17-7-4-15(21)5-8-17/h4-9,11,22H,2-3,10,12-13H2,1H3. The molecule has 166 valence electrons. The highest BCUT2D eigenvalue weighted by Gasteiger charge is 2.24. The maximum atomic E-state index is 12.9. The number of anilines is 1. The van der Waals surface area contributed by atoms with E-state index in [1.54, 1.807) is 24.1 Å². The van der Waals surface area contributed by atoms with Gasteiger partial charge in [-0.25, -0.2) is 17.6 Å². The smallest absolute Gasteiger partial charge is 0.334 e. The molecular formula is C20H21FN2O7S. The Hall–Kier alpha value is -3.02. The lowest BCUT2D eigenvalue weighted by Gasteiger charge is -2.29. The van der Waals surface area contributed by atoms with Crippen LogP contribution in [0, 0.1) is 5.82 Å². The molecule has 11 heteroatoms. The second-order valence-electron chi connectivity index (χ2n) is 6.63. The van der Waals surface area contributed by atoms with Crippen LogP contribution in [0.5, 0.6) is 5.75 Å². The Kier molecular flexibility index (Phi) is 7.21. The van der Waals surface area contributed by atoms with Crippen LogP contribution in [0.4, 0.5) is 10.1 Å². The van der Waals surface area contributed by atoms with Crippen molar-refractivity contribution in [2.45, 2.75) is 17.7 Å². The van der Waals surface area contributed by atoms with Crippen molar-refractivity contribution < 1.29 is 36.7 Å². The number of benzene rings is 2. The summed E-state index contributed by atoms with van der Waals surface area (Å²) in [7, 11) is -2.53. The van der Waals surface area contributed by atoms with Gasteiger partial charge in [-0.15, -0.1) is 0 Å². The van der Waals surface area contributed by atoms with E-state index < -0.39 is 40.9 Å². The molecule has 0 saturated heterocycles. The van der Waals surface area contributed by atoms with Crippen LogP contribution >= 0.6 is 0 Å². The number of ether oxygens (including phenoxy) is 2. The molecule has 0 atom stereocenters. The highest BCUT2D eigenvalue weighted by atomic mass is 32.2. The van der Waals surface area contributed by atoms with E-state index in [1.807, 2.05) is 6.07 Å². The van der Waals surface area contributed by atoms with E-state index in [9.17, 15) is 22.4 Å². The first kappa shape index (κ1) is 22.7. The minimum Gasteiger partial charge on any atom is -0.497 e. The number of carbonyl (C=O) groups excluding carboxylic acids is 2. The zero-order valence-electron chi connectivity index (χ0n) is 16.7. The number of hydrogen-bond donors (Lipinski definition) is 1. The van der Waals surface area contributed by atoms with Crippen molar-refractivity contribution in [1.29, 1.82) is 0 Å². The normalized spacial score (nSPS) is 13.4. The number of fused-ring (bicyclic) bond motifs is 1. The Morgan fingerprint density at radius 3 is 2.58 bits per heavy atom. The topological polar surface area (TPSA) is 111 Å². The maximum absolute atomic E-state index is 12.9. The fraction of sp³-hybridized carbons (Fsp3) is 0.300. The molecule has 0 bridgehead atoms. The summed E-state index contributed by atoms with van der Waals surface area (Å²) in [5.41, 5.74) is 1.69. The van der Waals surface area contributed by atoms with E-state index in [-0.39, 0.29) is 4.90 Å². The molecule has 1 heterocycles. The van der Waals surface area contributed by atoms with Gasteiger partial charge in [0.25, 0.3) is 15.9 Å². The lowest BCUT2D eigenvalue weighted by atomic mass is 10.0. The molecule has 0 spiro atoms. The highest BCUT2D eigenvalue weighted by Crippen LogP contribution is 2.30. The van der Waals surface area contributed by atoms with Crippen LogP contribution in [-0.4, -0.2) is 47.2 Å². The lowest BCUT2D eigenvalue weighted by molar-refractivity contribution is -0.153. The zero-order chi connectivity index (χ0) is 22.4. The van der Waals surface area contributed by atoms with Crippen LogP contribution in [-0.2, 0) is 35.6 Å². The average Bonchev–Trinajstić information content (AvgIpc) is 2.76. The van der Waals surface area contributed by atoms with Gasteiger partial charge in [-0.1, -0.05) is 4.89 Å². The number of sulfonamides is 1. The molecule has 0 aliphatic carbocycles. The van der Waals surface area contributed by atoms with Crippen molar-refractivity contribution in [3.05, 3.63) is 53.8 Å². The maximum Gasteiger partial charge on any atom is 0.334 e. The Morgan fingerprint density at radius 2 is 1.87 bits per heavy atom. The third-order valence-electron chi connectivity index (χ3n) is 4.55. The fourth-order valence-electron chi connectivity index (χ4n) is 3.05. The number of hydrogen-bond acceptors (Lipinski definition) is 7. The molecule has 9 nitrogen and oxygen atoms in total. The summed E-state index contributed by atoms with van der Waals surface area (Å²) in [6, 6.07) is 9.43. The molecular weight excluding hydrogens is 431 g/mol. The van der Waals surface area contributed by atoms with E-state index in [1.165, 1.54) is 4.90 Å². The summed E-state index contributed by atoms with van der Waals surface area (Å²) < 4.78 is 46.9. The molecule has 1 aliphatic heterocycles. The van der Waals surface area contributed by atoms with E-state index >= 15 is 0 Å². The number of aryl methyl sites for hydroxylation is 1. The molecule has 2 aromatic rings. The number of halogens is 1. The van der Waals surface area contributed by atoms with E-state index in [0.29, 0.717) is 12.3 Å². The third-order valence-corrected chi connectivity index (χ3v) is 5.78. The van der Waals surface area contributed by atoms with Gasteiger partial charge >= 0.3 is 5.97 Å². The summed E-state index contributed by atoms with van der Waals surface area (Å²) in [6.07, 6.45) is 1.56. The SMILES string of the molecule is COc1ccc2c(c1)CCCN2C(=O)COC(=O)CONS(=O)(=O)c1ccc(F)cc1. The molecule has 31 heavy (non-hydrogen) atoms. The lowest BCUT2D eigenvalue weighted by Crippen LogP contribution is -2.38. The first-order valence-corrected chi connectivity index (χ1v) is 10.8. The van der Waals surface area contributed by atoms with Crippen molar-refractivity contribution >= 4 is 27.6 Å². The molecule has 0 unspecified atom stereocenters. The predicted molar refractivity (Wildman–Crippen MR) is 107 cm³/mol. The second-order valence-corrected chi connectivity index (χ2v) is 8.28. The summed E-state index contributed by atoms with van der Waals surface area (Å²) in [6.45, 7) is -0.774. The number of nitrogens with zero attached hydrogens (tertiary/aromatic N) is 1. The predicted octanol–water partition coefficient (Wildman–Crippen LogP) is 1.57. The number of nitrogens with one attached hydrogen (secondary N) is 1. The Balaban J connectivity index is 1.48. The van der Waals surface area contributed by atoms with Gasteiger partial charge in [0.2, 0.25) is 0 Å². The quantitative estimate of drug-likeness (QED) is 0.478. The van der Waals surface area contributed by atoms with Gasteiger partial charge in [-0.05, 0) is 60.9 Å². The monoisotopic (exact) mass is 452 g/mol. The van der Waals surface area contributed by atoms with Gasteiger partial charge in [-0.2, -0.15) is 0 Å². The van der Waals surface area contributed by atoms with Gasteiger partial charge < -0.3 is 14.4 Å². The number of esters is 1. The third kappa shape index (κ3) is 5.78. The first-order valence-electron chi connectivity index (χ1n) is 9.32. The van der Waals surface area contributed by atoms with Crippen LogP contribution in [0.2, 0.25) is 0 Å². The molecule has 3 rings (SSSR count). The molecule has 1 aliphatic rings.